The van der Waals surface area contributed by atoms with Gasteiger partial charge in [-0.15, -0.1) is 0 Å². The number of rotatable bonds is 4. The fraction of sp³-hybridized carbons (Fsp3) is 0.458. The van der Waals surface area contributed by atoms with Gasteiger partial charge < -0.3 is 4.74 Å². The molecular formula is C24H30O2. The van der Waals surface area contributed by atoms with E-state index < -0.39 is 0 Å². The monoisotopic (exact) mass is 350 g/mol. The maximum atomic E-state index is 12.8. The predicted octanol–water partition coefficient (Wildman–Crippen LogP) is 6.06. The molecule has 0 amide bonds. The molecule has 0 saturated heterocycles. The van der Waals surface area contributed by atoms with Crippen molar-refractivity contribution in [1.82, 2.24) is 0 Å². The van der Waals surface area contributed by atoms with Crippen molar-refractivity contribution in [3.8, 4) is 16.9 Å². The van der Waals surface area contributed by atoms with Gasteiger partial charge in [0.05, 0.1) is 6.61 Å². The molecule has 3 rings (SSSR count). The highest BCUT2D eigenvalue weighted by atomic mass is 16.5. The fourth-order valence-electron chi connectivity index (χ4n) is 3.67. The lowest BCUT2D eigenvalue weighted by Crippen LogP contribution is -2.17. The second kappa shape index (κ2) is 6.90. The Morgan fingerprint density at radius 2 is 1.81 bits per heavy atom. The maximum Gasteiger partial charge on any atom is 0.166 e. The predicted molar refractivity (Wildman–Crippen MR) is 108 cm³/mol. The lowest BCUT2D eigenvalue weighted by atomic mass is 9.81. The van der Waals surface area contributed by atoms with Crippen LogP contribution in [0.1, 0.15) is 63.0 Å². The van der Waals surface area contributed by atoms with Gasteiger partial charge in [-0.2, -0.15) is 0 Å². The molecule has 0 aliphatic heterocycles. The average molecular weight is 351 g/mol. The van der Waals surface area contributed by atoms with Crippen LogP contribution < -0.4 is 4.74 Å². The second-order valence-corrected chi connectivity index (χ2v) is 8.94. The van der Waals surface area contributed by atoms with E-state index in [4.69, 9.17) is 4.74 Å². The van der Waals surface area contributed by atoms with Crippen molar-refractivity contribution in [2.75, 3.05) is 6.61 Å². The van der Waals surface area contributed by atoms with E-state index >= 15 is 0 Å². The van der Waals surface area contributed by atoms with Gasteiger partial charge in [-0.1, -0.05) is 71.9 Å². The summed E-state index contributed by atoms with van der Waals surface area (Å²) < 4.78 is 6.40. The van der Waals surface area contributed by atoms with Crippen LogP contribution in [0.5, 0.6) is 5.75 Å². The Balaban J connectivity index is 2.32. The Kier molecular flexibility index (Phi) is 4.96. The van der Waals surface area contributed by atoms with Crippen LogP contribution in [0, 0.1) is 11.8 Å². The van der Waals surface area contributed by atoms with Crippen LogP contribution >= 0.6 is 0 Å². The highest BCUT2D eigenvalue weighted by Gasteiger charge is 2.35. The number of ether oxygens (including phenoxy) is 1. The van der Waals surface area contributed by atoms with Gasteiger partial charge in [0.1, 0.15) is 5.75 Å². The van der Waals surface area contributed by atoms with Gasteiger partial charge in [0.15, 0.2) is 5.78 Å². The molecule has 26 heavy (non-hydrogen) atoms. The van der Waals surface area contributed by atoms with Crippen molar-refractivity contribution in [1.29, 1.82) is 0 Å². The Bertz CT molecular complexity index is 810. The number of Topliss-reactive ketones (excluding diaryl/α,β-unsaturated/α-hetero) is 1. The highest BCUT2D eigenvalue weighted by Crippen LogP contribution is 2.46. The fourth-order valence-corrected chi connectivity index (χ4v) is 3.67. The van der Waals surface area contributed by atoms with Crippen LogP contribution in [0.25, 0.3) is 11.1 Å². The average Bonchev–Trinajstić information content (AvgIpc) is 2.86. The number of hydrogen-bond donors (Lipinski definition) is 0. The third kappa shape index (κ3) is 3.42. The third-order valence-corrected chi connectivity index (χ3v) is 5.04. The van der Waals surface area contributed by atoms with Crippen LogP contribution in [0.2, 0.25) is 0 Å². The summed E-state index contributed by atoms with van der Waals surface area (Å²) in [5.74, 6) is 1.71. The molecule has 0 N–H and O–H groups in total. The summed E-state index contributed by atoms with van der Waals surface area (Å²) in [6.45, 7) is 13.6. The number of ketones is 1. The quantitative estimate of drug-likeness (QED) is 0.670. The van der Waals surface area contributed by atoms with E-state index in [-0.39, 0.29) is 17.1 Å². The molecule has 0 radical (unpaired) electrons. The first-order valence-electron chi connectivity index (χ1n) is 9.63. The van der Waals surface area contributed by atoms with E-state index in [0.29, 0.717) is 12.5 Å². The molecule has 2 nitrogen and oxygen atoms in total. The number of carbonyl (C=O) groups excluding carboxylic acids is 1. The number of hydrogen-bond acceptors (Lipinski definition) is 2. The summed E-state index contributed by atoms with van der Waals surface area (Å²) in [6, 6.07) is 12.5. The van der Waals surface area contributed by atoms with Gasteiger partial charge in [-0.25, -0.2) is 0 Å². The molecule has 0 heterocycles. The molecule has 1 aliphatic rings. The molecule has 138 valence electrons. The summed E-state index contributed by atoms with van der Waals surface area (Å²) in [4.78, 5) is 12.8. The van der Waals surface area contributed by atoms with E-state index in [2.05, 4.69) is 65.0 Å². The van der Waals surface area contributed by atoms with E-state index in [1.807, 2.05) is 13.0 Å². The molecule has 0 fully saturated rings. The van der Waals surface area contributed by atoms with Gasteiger partial charge in [0, 0.05) is 22.6 Å². The Morgan fingerprint density at radius 3 is 2.38 bits per heavy atom. The SMILES string of the molecule is CC(C)COc1c(C(C)(C)C)cc2c(c1-c1ccccc1)CC(C)C2=O. The third-order valence-electron chi connectivity index (χ3n) is 5.04. The molecule has 0 aromatic heterocycles. The van der Waals surface area contributed by atoms with Crippen molar-refractivity contribution in [3.05, 3.63) is 53.1 Å². The lowest BCUT2D eigenvalue weighted by molar-refractivity contribution is 0.0946. The standard InChI is InChI=1S/C24H30O2/c1-15(2)14-26-23-20(24(4,5)6)13-19-18(12-16(3)22(19)25)21(23)17-10-8-7-9-11-17/h7-11,13,15-16H,12,14H2,1-6H3. The summed E-state index contributed by atoms with van der Waals surface area (Å²) in [5, 5.41) is 0. The minimum Gasteiger partial charge on any atom is -0.492 e. The topological polar surface area (TPSA) is 26.3 Å². The number of fused-ring (bicyclic) bond motifs is 1. The summed E-state index contributed by atoms with van der Waals surface area (Å²) in [6.07, 6.45) is 0.793. The highest BCUT2D eigenvalue weighted by molar-refractivity contribution is 6.05. The first-order chi connectivity index (χ1) is 12.2. The zero-order valence-electron chi connectivity index (χ0n) is 16.8. The molecule has 0 saturated carbocycles. The molecule has 2 aromatic rings. The van der Waals surface area contributed by atoms with E-state index in [9.17, 15) is 4.79 Å². The first-order valence-corrected chi connectivity index (χ1v) is 9.63. The Labute approximate surface area is 157 Å². The van der Waals surface area contributed by atoms with E-state index in [1.165, 1.54) is 0 Å². The van der Waals surface area contributed by atoms with Crippen molar-refractivity contribution < 1.29 is 9.53 Å². The summed E-state index contributed by atoms with van der Waals surface area (Å²) in [5.41, 5.74) is 5.32. The Hall–Kier alpha value is -2.09. The summed E-state index contributed by atoms with van der Waals surface area (Å²) in [7, 11) is 0. The zero-order valence-corrected chi connectivity index (χ0v) is 16.8. The molecular weight excluding hydrogens is 320 g/mol. The first kappa shape index (κ1) is 18.7. The van der Waals surface area contributed by atoms with E-state index in [0.717, 1.165) is 40.0 Å². The Morgan fingerprint density at radius 1 is 1.15 bits per heavy atom. The van der Waals surface area contributed by atoms with Crippen molar-refractivity contribution in [3.63, 3.8) is 0 Å². The molecule has 0 bridgehead atoms. The molecule has 1 atom stereocenters. The van der Waals surface area contributed by atoms with Crippen LogP contribution in [-0.4, -0.2) is 12.4 Å². The van der Waals surface area contributed by atoms with Gasteiger partial charge in [-0.3, -0.25) is 4.79 Å². The normalized spacial score (nSPS) is 16.9. The molecule has 0 spiro atoms. The van der Waals surface area contributed by atoms with Crippen molar-refractivity contribution >= 4 is 5.78 Å². The van der Waals surface area contributed by atoms with E-state index in [1.54, 1.807) is 0 Å². The van der Waals surface area contributed by atoms with Crippen LogP contribution in [-0.2, 0) is 11.8 Å². The molecule has 1 unspecified atom stereocenters. The lowest BCUT2D eigenvalue weighted by Gasteiger charge is -2.27. The molecule has 2 heteroatoms. The second-order valence-electron chi connectivity index (χ2n) is 8.94. The van der Waals surface area contributed by atoms with Crippen LogP contribution in [0.4, 0.5) is 0 Å². The molecule has 1 aliphatic carbocycles. The number of benzene rings is 2. The molecule has 2 aromatic carbocycles. The minimum absolute atomic E-state index is 0.0422. The summed E-state index contributed by atoms with van der Waals surface area (Å²) >= 11 is 0. The maximum absolute atomic E-state index is 12.8. The van der Waals surface area contributed by atoms with Gasteiger partial charge in [0.2, 0.25) is 0 Å². The largest absolute Gasteiger partial charge is 0.492 e. The van der Waals surface area contributed by atoms with Gasteiger partial charge in [-0.05, 0) is 34.9 Å². The number of carbonyl (C=O) groups is 1. The zero-order chi connectivity index (χ0) is 19.1. The van der Waals surface area contributed by atoms with Crippen molar-refractivity contribution in [2.45, 2.75) is 53.4 Å². The smallest absolute Gasteiger partial charge is 0.166 e. The van der Waals surface area contributed by atoms with Crippen LogP contribution in [0.15, 0.2) is 36.4 Å². The van der Waals surface area contributed by atoms with Gasteiger partial charge >= 0.3 is 0 Å². The van der Waals surface area contributed by atoms with Gasteiger partial charge in [0.25, 0.3) is 0 Å². The minimum atomic E-state index is -0.100. The van der Waals surface area contributed by atoms with Crippen molar-refractivity contribution in [2.24, 2.45) is 11.8 Å². The van der Waals surface area contributed by atoms with Crippen LogP contribution in [0.3, 0.4) is 0 Å².